The van der Waals surface area contributed by atoms with E-state index in [-0.39, 0.29) is 43.7 Å². The Morgan fingerprint density at radius 3 is 1.89 bits per heavy atom. The first kappa shape index (κ1) is 12.4. The summed E-state index contributed by atoms with van der Waals surface area (Å²) in [6.07, 6.45) is 0. The zero-order chi connectivity index (χ0) is 6.73. The third-order valence-electron chi connectivity index (χ3n) is 0.990. The predicted octanol–water partition coefficient (Wildman–Crippen LogP) is -1.66. The molecule has 0 saturated heterocycles. The van der Waals surface area contributed by atoms with Gasteiger partial charge in [-0.3, -0.25) is 0 Å². The van der Waals surface area contributed by atoms with Gasteiger partial charge in [0.25, 0.3) is 0 Å². The van der Waals surface area contributed by atoms with E-state index in [0.29, 0.717) is 0 Å². The van der Waals surface area contributed by atoms with Gasteiger partial charge >= 0.3 is 37.7 Å². The average molecular weight is 156 g/mol. The number of hydrogen-bond acceptors (Lipinski definition) is 3. The van der Waals surface area contributed by atoms with Crippen molar-refractivity contribution in [3.05, 3.63) is 0 Å². The zero-order valence-corrected chi connectivity index (χ0v) is 7.96. The van der Waals surface area contributed by atoms with Crippen LogP contribution in [0.3, 0.4) is 0 Å². The van der Waals surface area contributed by atoms with Crippen LogP contribution in [-0.2, 0) is 4.79 Å². The van der Waals surface area contributed by atoms with Gasteiger partial charge in [-0.05, 0) is 5.92 Å². The van der Waals surface area contributed by atoms with Crippen LogP contribution in [0.25, 0.3) is 0 Å². The van der Waals surface area contributed by atoms with Crippen LogP contribution in [0, 0.1) is 5.92 Å². The van der Waals surface area contributed by atoms with Crippen molar-refractivity contribution in [2.24, 2.45) is 11.7 Å². The largest absolute Gasteiger partial charge is 2.00 e. The molecule has 9 heavy (non-hydrogen) atoms. The maximum absolute atomic E-state index is 9.90. The third-order valence-corrected chi connectivity index (χ3v) is 0.990. The van der Waals surface area contributed by atoms with E-state index in [9.17, 15) is 9.90 Å². The van der Waals surface area contributed by atoms with Gasteiger partial charge in [0.2, 0.25) is 0 Å². The molecule has 0 saturated carbocycles. The van der Waals surface area contributed by atoms with E-state index in [1.165, 1.54) is 0 Å². The van der Waals surface area contributed by atoms with Crippen molar-refractivity contribution >= 4 is 43.7 Å². The van der Waals surface area contributed by atoms with Crippen molar-refractivity contribution in [3.63, 3.8) is 0 Å². The van der Waals surface area contributed by atoms with Gasteiger partial charge in [-0.15, -0.1) is 0 Å². The molecule has 0 aliphatic heterocycles. The molecule has 0 radical (unpaired) electrons. The fourth-order valence-corrected chi connectivity index (χ4v) is 0.272. The van der Waals surface area contributed by atoms with Gasteiger partial charge in [-0.25, -0.2) is 0 Å². The molecule has 0 rings (SSSR count). The number of carboxylic acids is 1. The Hall–Kier alpha value is 0.690. The van der Waals surface area contributed by atoms with Crippen molar-refractivity contribution in [3.8, 4) is 0 Å². The van der Waals surface area contributed by atoms with Gasteiger partial charge in [-0.1, -0.05) is 13.8 Å². The van der Waals surface area contributed by atoms with E-state index in [1.54, 1.807) is 13.8 Å². The molecule has 2 N–H and O–H groups in total. The minimum Gasteiger partial charge on any atom is -0.548 e. The van der Waals surface area contributed by atoms with Crippen LogP contribution in [0.2, 0.25) is 0 Å². The fraction of sp³-hybridized carbons (Fsp3) is 0.800. The van der Waals surface area contributed by atoms with Crippen molar-refractivity contribution < 1.29 is 9.90 Å². The number of carbonyl (C=O) groups is 1. The van der Waals surface area contributed by atoms with Crippen LogP contribution in [-0.4, -0.2) is 49.7 Å². The summed E-state index contributed by atoms with van der Waals surface area (Å²) in [6.45, 7) is 3.47. The summed E-state index contributed by atoms with van der Waals surface area (Å²) in [5.41, 5.74) is 5.10. The zero-order valence-electron chi connectivity index (χ0n) is 5.76. The topological polar surface area (TPSA) is 66.2 Å². The number of hydrogen-bond donors (Lipinski definition) is 1. The van der Waals surface area contributed by atoms with E-state index in [0.717, 1.165) is 0 Å². The van der Waals surface area contributed by atoms with Gasteiger partial charge in [-0.2, -0.15) is 0 Å². The van der Waals surface area contributed by atoms with Crippen LogP contribution in [0.15, 0.2) is 0 Å². The number of carbonyl (C=O) groups excluding carboxylic acids is 1. The summed E-state index contributed by atoms with van der Waals surface area (Å²) in [6, 6.07) is -0.824. The van der Waals surface area contributed by atoms with Crippen molar-refractivity contribution in [2.75, 3.05) is 0 Å². The molecule has 4 heteroatoms. The number of rotatable bonds is 2. The quantitative estimate of drug-likeness (QED) is 0.487. The summed E-state index contributed by atoms with van der Waals surface area (Å²) in [7, 11) is 0. The van der Waals surface area contributed by atoms with Gasteiger partial charge in [0.05, 0.1) is 5.97 Å². The molecular formula is C5H10CaNO2+. The van der Waals surface area contributed by atoms with Crippen LogP contribution in [0.4, 0.5) is 0 Å². The second-order valence-electron chi connectivity index (χ2n) is 2.09. The first-order chi connectivity index (χ1) is 3.55. The summed E-state index contributed by atoms with van der Waals surface area (Å²) in [5, 5.41) is 9.90. The van der Waals surface area contributed by atoms with E-state index in [4.69, 9.17) is 5.73 Å². The van der Waals surface area contributed by atoms with Crippen LogP contribution < -0.4 is 10.8 Å². The number of nitrogens with two attached hydrogens (primary N) is 1. The Labute approximate surface area is 84.6 Å². The van der Waals surface area contributed by atoms with Crippen LogP contribution >= 0.6 is 0 Å². The van der Waals surface area contributed by atoms with Crippen molar-refractivity contribution in [1.29, 1.82) is 0 Å². The van der Waals surface area contributed by atoms with Gasteiger partial charge in [0.1, 0.15) is 0 Å². The summed E-state index contributed by atoms with van der Waals surface area (Å²) < 4.78 is 0. The monoisotopic (exact) mass is 156 g/mol. The molecular weight excluding hydrogens is 146 g/mol. The minimum absolute atomic E-state index is 0. The first-order valence-corrected chi connectivity index (χ1v) is 2.52. The maximum Gasteiger partial charge on any atom is 2.00 e. The molecule has 0 bridgehead atoms. The Morgan fingerprint density at radius 2 is 1.89 bits per heavy atom. The van der Waals surface area contributed by atoms with E-state index in [2.05, 4.69) is 0 Å². The van der Waals surface area contributed by atoms with E-state index >= 15 is 0 Å². The van der Waals surface area contributed by atoms with Gasteiger partial charge in [0.15, 0.2) is 0 Å². The molecule has 1 atom stereocenters. The van der Waals surface area contributed by atoms with Crippen molar-refractivity contribution in [1.82, 2.24) is 0 Å². The average Bonchev–Trinajstić information content (AvgIpc) is 1.64. The Morgan fingerprint density at radius 1 is 1.56 bits per heavy atom. The second kappa shape index (κ2) is 5.47. The maximum atomic E-state index is 9.90. The second-order valence-corrected chi connectivity index (χ2v) is 2.09. The predicted molar refractivity (Wildman–Crippen MR) is 33.6 cm³/mol. The Balaban J connectivity index is 0. The molecule has 0 aliphatic carbocycles. The standard InChI is InChI=1S/C5H11NO2.Ca/c1-3(2)4(6)5(7)8;/h3-4H,6H2,1-2H3,(H,7,8);/q;+2/p-1/t4-;/m0./s1. The first-order valence-electron chi connectivity index (χ1n) is 2.52. The van der Waals surface area contributed by atoms with Gasteiger partial charge in [0, 0.05) is 6.04 Å². The summed E-state index contributed by atoms with van der Waals surface area (Å²) >= 11 is 0. The fourth-order valence-electron chi connectivity index (χ4n) is 0.272. The molecule has 0 unspecified atom stereocenters. The molecule has 48 valence electrons. The number of carboxylic acid groups (broad SMARTS) is 1. The normalized spacial score (nSPS) is 12.4. The molecule has 0 heterocycles. The molecule has 3 nitrogen and oxygen atoms in total. The van der Waals surface area contributed by atoms with Crippen molar-refractivity contribution in [2.45, 2.75) is 19.9 Å². The van der Waals surface area contributed by atoms with E-state index in [1.807, 2.05) is 0 Å². The summed E-state index contributed by atoms with van der Waals surface area (Å²) in [5.74, 6) is -1.22. The van der Waals surface area contributed by atoms with E-state index < -0.39 is 12.0 Å². The molecule has 0 aromatic rings. The Kier molecular flexibility index (Phi) is 7.52. The minimum atomic E-state index is -1.18. The SMILES string of the molecule is CC(C)[C@H](N)C(=O)[O-].[Ca+2]. The van der Waals surface area contributed by atoms with Crippen LogP contribution in [0.5, 0.6) is 0 Å². The Bertz CT molecular complexity index is 95.0. The molecule has 0 spiro atoms. The third kappa shape index (κ3) is 5.15. The van der Waals surface area contributed by atoms with Gasteiger partial charge < -0.3 is 15.6 Å². The number of aliphatic carboxylic acids is 1. The smallest absolute Gasteiger partial charge is 0.548 e. The molecule has 0 aliphatic rings. The molecule has 0 fully saturated rings. The molecule has 0 amide bonds. The van der Waals surface area contributed by atoms with Crippen LogP contribution in [0.1, 0.15) is 13.8 Å². The molecule has 0 aromatic heterocycles. The summed E-state index contributed by atoms with van der Waals surface area (Å²) in [4.78, 5) is 9.90. The molecule has 0 aromatic carbocycles.